The van der Waals surface area contributed by atoms with Crippen LogP contribution in [0.25, 0.3) is 6.08 Å². The maximum atomic E-state index is 12.9. The molecule has 2 heterocycles. The molecule has 0 radical (unpaired) electrons. The molecule has 0 fully saturated rings. The summed E-state index contributed by atoms with van der Waals surface area (Å²) in [6.45, 7) is 1.82. The molecule has 164 valence electrons. The summed E-state index contributed by atoms with van der Waals surface area (Å²) in [5.74, 6) is 1.57. The summed E-state index contributed by atoms with van der Waals surface area (Å²) >= 11 is 3.35. The maximum Gasteiger partial charge on any atom is 0.231 e. The molecular weight excluding hydrogens is 484 g/mol. The van der Waals surface area contributed by atoms with Crippen LogP contribution in [-0.4, -0.2) is 24.3 Å². The van der Waals surface area contributed by atoms with E-state index in [2.05, 4.69) is 15.9 Å². The van der Waals surface area contributed by atoms with Crippen LogP contribution in [0.1, 0.15) is 33.2 Å². The fourth-order valence-corrected chi connectivity index (χ4v) is 3.96. The van der Waals surface area contributed by atoms with Gasteiger partial charge >= 0.3 is 0 Å². The molecule has 0 saturated heterocycles. The first-order valence-corrected chi connectivity index (χ1v) is 11.2. The molecule has 33 heavy (non-hydrogen) atoms. The fraction of sp³-hybridized carbons (Fsp3) is 0.111. The third-order valence-corrected chi connectivity index (χ3v) is 6.02. The van der Waals surface area contributed by atoms with E-state index in [4.69, 9.17) is 14.2 Å². The fourth-order valence-electron chi connectivity index (χ4n) is 3.70. The lowest BCUT2D eigenvalue weighted by Crippen LogP contribution is -2.18. The number of halogens is 1. The number of hydrogen-bond acceptors (Lipinski definition) is 5. The molecule has 1 atom stereocenters. The molecule has 2 aliphatic rings. The summed E-state index contributed by atoms with van der Waals surface area (Å²) in [5.41, 5.74) is 2.82. The number of hydrogen-bond donors (Lipinski definition) is 0. The number of ether oxygens (including phenoxy) is 3. The van der Waals surface area contributed by atoms with Crippen molar-refractivity contribution in [1.82, 2.24) is 0 Å². The summed E-state index contributed by atoms with van der Waals surface area (Å²) in [7, 11) is 0. The number of rotatable bonds is 5. The molecular formula is C27H19BrO5. The number of ketones is 2. The number of para-hydroxylation sites is 1. The van der Waals surface area contributed by atoms with E-state index in [-0.39, 0.29) is 30.0 Å². The Kier molecular flexibility index (Phi) is 5.60. The Labute approximate surface area is 199 Å². The topological polar surface area (TPSA) is 61.8 Å². The van der Waals surface area contributed by atoms with Crippen molar-refractivity contribution in [3.05, 3.63) is 105 Å². The van der Waals surface area contributed by atoms with Gasteiger partial charge in [0, 0.05) is 21.7 Å². The van der Waals surface area contributed by atoms with Crippen molar-refractivity contribution >= 4 is 33.6 Å². The van der Waals surface area contributed by atoms with Crippen LogP contribution in [0.5, 0.6) is 17.2 Å². The number of fused-ring (bicyclic) bond motifs is 2. The van der Waals surface area contributed by atoms with Crippen molar-refractivity contribution in [2.45, 2.75) is 13.0 Å². The highest BCUT2D eigenvalue weighted by atomic mass is 79.9. The SMILES string of the molecule is CC1Oc2ccccc2C=C1C=C1Oc2cc(OCC(=O)c3ccc(Br)cc3)ccc2C1=O. The lowest BCUT2D eigenvalue weighted by atomic mass is 10.0. The Morgan fingerprint density at radius 2 is 1.85 bits per heavy atom. The molecule has 0 N–H and O–H groups in total. The number of Topliss-reactive ketones (excluding diaryl/α,β-unsaturated/α-hetero) is 2. The number of allylic oxidation sites excluding steroid dienone is 1. The largest absolute Gasteiger partial charge is 0.485 e. The van der Waals surface area contributed by atoms with E-state index >= 15 is 0 Å². The molecule has 3 aromatic rings. The molecule has 5 rings (SSSR count). The molecule has 0 aliphatic carbocycles. The van der Waals surface area contributed by atoms with Crippen molar-refractivity contribution in [2.75, 3.05) is 6.61 Å². The second-order valence-corrected chi connectivity index (χ2v) is 8.67. The summed E-state index contributed by atoms with van der Waals surface area (Å²) in [6.07, 6.45) is 3.51. The van der Waals surface area contributed by atoms with Crippen LogP contribution in [0.2, 0.25) is 0 Å². The molecule has 2 aliphatic heterocycles. The highest BCUT2D eigenvalue weighted by Crippen LogP contribution is 2.36. The van der Waals surface area contributed by atoms with Crippen molar-refractivity contribution in [3.63, 3.8) is 0 Å². The molecule has 0 aromatic heterocycles. The van der Waals surface area contributed by atoms with E-state index in [0.717, 1.165) is 21.4 Å². The average Bonchev–Trinajstić information content (AvgIpc) is 3.13. The lowest BCUT2D eigenvalue weighted by Gasteiger charge is -2.22. The Bertz CT molecular complexity index is 1320. The van der Waals surface area contributed by atoms with Gasteiger partial charge in [0.15, 0.2) is 18.1 Å². The number of benzene rings is 3. The zero-order chi connectivity index (χ0) is 22.9. The van der Waals surface area contributed by atoms with Crippen LogP contribution in [-0.2, 0) is 0 Å². The lowest BCUT2D eigenvalue weighted by molar-refractivity contribution is 0.0921. The minimum atomic E-state index is -0.212. The Morgan fingerprint density at radius 1 is 1.06 bits per heavy atom. The highest BCUT2D eigenvalue weighted by molar-refractivity contribution is 9.10. The predicted octanol–water partition coefficient (Wildman–Crippen LogP) is 6.03. The molecule has 1 unspecified atom stereocenters. The van der Waals surface area contributed by atoms with Crippen LogP contribution in [0, 0.1) is 0 Å². The van der Waals surface area contributed by atoms with Gasteiger partial charge in [-0.05, 0) is 55.0 Å². The quantitative estimate of drug-likeness (QED) is 0.314. The van der Waals surface area contributed by atoms with E-state index in [1.807, 2.05) is 49.4 Å². The van der Waals surface area contributed by atoms with Crippen LogP contribution in [0.3, 0.4) is 0 Å². The third kappa shape index (κ3) is 4.34. The minimum absolute atomic E-state index is 0.113. The van der Waals surface area contributed by atoms with Crippen molar-refractivity contribution < 1.29 is 23.8 Å². The Balaban J connectivity index is 1.31. The Morgan fingerprint density at radius 3 is 2.67 bits per heavy atom. The first-order valence-electron chi connectivity index (χ1n) is 10.4. The van der Waals surface area contributed by atoms with Gasteiger partial charge in [0.05, 0.1) is 5.56 Å². The number of carbonyl (C=O) groups excluding carboxylic acids is 2. The zero-order valence-electron chi connectivity index (χ0n) is 17.7. The second kappa shape index (κ2) is 8.71. The van der Waals surface area contributed by atoms with Gasteiger partial charge in [-0.15, -0.1) is 0 Å². The van der Waals surface area contributed by atoms with Gasteiger partial charge in [-0.2, -0.15) is 0 Å². The summed E-state index contributed by atoms with van der Waals surface area (Å²) < 4.78 is 18.3. The van der Waals surface area contributed by atoms with Crippen molar-refractivity contribution in [3.8, 4) is 17.2 Å². The minimum Gasteiger partial charge on any atom is -0.485 e. The second-order valence-electron chi connectivity index (χ2n) is 7.76. The standard InChI is InChI=1S/C27H19BrO5/c1-16-19(12-18-4-2-3-5-24(18)32-16)13-26-27(30)22-11-10-21(14-25(22)33-26)31-15-23(29)17-6-8-20(28)9-7-17/h2-14,16H,15H2,1H3. The monoisotopic (exact) mass is 502 g/mol. The summed E-state index contributed by atoms with van der Waals surface area (Å²) in [4.78, 5) is 25.2. The van der Waals surface area contributed by atoms with E-state index < -0.39 is 0 Å². The molecule has 0 amide bonds. The molecule has 0 bridgehead atoms. The zero-order valence-corrected chi connectivity index (χ0v) is 19.3. The molecule has 0 spiro atoms. The van der Waals surface area contributed by atoms with Crippen molar-refractivity contribution in [1.29, 1.82) is 0 Å². The Hall–Kier alpha value is -3.64. The van der Waals surface area contributed by atoms with Crippen LogP contribution in [0.4, 0.5) is 0 Å². The number of carbonyl (C=O) groups is 2. The molecule has 3 aromatic carbocycles. The summed E-state index contributed by atoms with van der Waals surface area (Å²) in [5, 5.41) is 0. The van der Waals surface area contributed by atoms with Gasteiger partial charge < -0.3 is 14.2 Å². The van der Waals surface area contributed by atoms with Gasteiger partial charge in [-0.25, -0.2) is 0 Å². The predicted molar refractivity (Wildman–Crippen MR) is 128 cm³/mol. The van der Waals surface area contributed by atoms with E-state index in [9.17, 15) is 9.59 Å². The van der Waals surface area contributed by atoms with E-state index in [1.54, 1.807) is 36.4 Å². The van der Waals surface area contributed by atoms with Crippen LogP contribution >= 0.6 is 15.9 Å². The molecule has 0 saturated carbocycles. The molecule has 5 nitrogen and oxygen atoms in total. The summed E-state index contributed by atoms with van der Waals surface area (Å²) in [6, 6.07) is 19.8. The van der Waals surface area contributed by atoms with Crippen molar-refractivity contribution in [2.24, 2.45) is 0 Å². The first-order chi connectivity index (χ1) is 16.0. The van der Waals surface area contributed by atoms with Gasteiger partial charge in [0.2, 0.25) is 5.78 Å². The van der Waals surface area contributed by atoms with Gasteiger partial charge in [0.1, 0.15) is 23.4 Å². The van der Waals surface area contributed by atoms with Gasteiger partial charge in [-0.3, -0.25) is 9.59 Å². The highest BCUT2D eigenvalue weighted by Gasteiger charge is 2.29. The average molecular weight is 503 g/mol. The smallest absolute Gasteiger partial charge is 0.231 e. The van der Waals surface area contributed by atoms with E-state index in [1.165, 1.54) is 0 Å². The maximum absolute atomic E-state index is 12.9. The van der Waals surface area contributed by atoms with E-state index in [0.29, 0.717) is 22.6 Å². The normalized spacial score (nSPS) is 17.5. The third-order valence-electron chi connectivity index (χ3n) is 5.49. The van der Waals surface area contributed by atoms with Crippen LogP contribution in [0.15, 0.2) is 88.6 Å². The van der Waals surface area contributed by atoms with Gasteiger partial charge in [0.25, 0.3) is 0 Å². The van der Waals surface area contributed by atoms with Crippen LogP contribution < -0.4 is 14.2 Å². The molecule has 6 heteroatoms. The van der Waals surface area contributed by atoms with Gasteiger partial charge in [-0.1, -0.05) is 46.3 Å². The first kappa shape index (κ1) is 21.2.